The first-order chi connectivity index (χ1) is 13.2. The highest BCUT2D eigenvalue weighted by molar-refractivity contribution is 5.90. The maximum absolute atomic E-state index is 12.2. The number of nitro groups is 1. The van der Waals surface area contributed by atoms with Crippen LogP contribution in [0.1, 0.15) is 26.3 Å². The third-order valence-corrected chi connectivity index (χ3v) is 4.55. The minimum Gasteiger partial charge on any atom is -0.501 e. The number of aromatic nitrogens is 1. The Morgan fingerprint density at radius 1 is 1.32 bits per heavy atom. The molecular weight excluding hydrogens is 364 g/mol. The Kier molecular flexibility index (Phi) is 5.37. The number of benzene rings is 1. The average molecular weight is 388 g/mol. The van der Waals surface area contributed by atoms with E-state index in [4.69, 9.17) is 4.74 Å². The molecule has 0 radical (unpaired) electrons. The maximum atomic E-state index is 12.2. The summed E-state index contributed by atoms with van der Waals surface area (Å²) in [7, 11) is 0. The summed E-state index contributed by atoms with van der Waals surface area (Å²) in [4.78, 5) is 30.8. The molecule has 1 saturated heterocycles. The molecule has 9 nitrogen and oxygen atoms in total. The number of nitro benzene ring substituents is 1. The molecule has 0 bridgehead atoms. The van der Waals surface area contributed by atoms with E-state index in [0.717, 1.165) is 5.56 Å². The Morgan fingerprint density at radius 2 is 2.00 bits per heavy atom. The summed E-state index contributed by atoms with van der Waals surface area (Å²) in [5, 5.41) is 22.1. The minimum absolute atomic E-state index is 0.221. The van der Waals surface area contributed by atoms with E-state index in [1.54, 1.807) is 17.0 Å². The Bertz CT molecular complexity index is 901. The molecule has 0 atom stereocenters. The molecular formula is C19H24N4O5. The maximum Gasteiger partial charge on any atom is 0.410 e. The topological polar surface area (TPSA) is 109 Å². The van der Waals surface area contributed by atoms with Crippen LogP contribution in [-0.2, 0) is 11.3 Å². The van der Waals surface area contributed by atoms with Crippen LogP contribution in [-0.4, -0.2) is 62.7 Å². The molecule has 150 valence electrons. The quantitative estimate of drug-likeness (QED) is 0.636. The third-order valence-electron chi connectivity index (χ3n) is 4.55. The average Bonchev–Trinajstić information content (AvgIpc) is 2.63. The van der Waals surface area contributed by atoms with Gasteiger partial charge in [0.15, 0.2) is 0 Å². The van der Waals surface area contributed by atoms with Crippen molar-refractivity contribution in [2.24, 2.45) is 0 Å². The van der Waals surface area contributed by atoms with Crippen LogP contribution in [0.5, 0.6) is 5.75 Å². The molecule has 0 saturated carbocycles. The Balaban J connectivity index is 1.75. The molecule has 1 aromatic carbocycles. The highest BCUT2D eigenvalue weighted by Gasteiger charge is 2.27. The van der Waals surface area contributed by atoms with Crippen LogP contribution in [0.4, 0.5) is 10.5 Å². The molecule has 2 heterocycles. The van der Waals surface area contributed by atoms with Gasteiger partial charge in [-0.25, -0.2) is 4.79 Å². The van der Waals surface area contributed by atoms with E-state index in [0.29, 0.717) is 38.1 Å². The number of ether oxygens (including phenoxy) is 1. The Hall–Kier alpha value is -2.94. The zero-order valence-corrected chi connectivity index (χ0v) is 16.2. The number of amides is 1. The monoisotopic (exact) mass is 388 g/mol. The molecule has 1 fully saturated rings. The fraction of sp³-hybridized carbons (Fsp3) is 0.474. The van der Waals surface area contributed by atoms with Crippen LogP contribution < -0.4 is 0 Å². The van der Waals surface area contributed by atoms with E-state index in [1.165, 1.54) is 12.3 Å². The smallest absolute Gasteiger partial charge is 0.410 e. The summed E-state index contributed by atoms with van der Waals surface area (Å²) < 4.78 is 5.40. The molecule has 9 heteroatoms. The predicted molar refractivity (Wildman–Crippen MR) is 103 cm³/mol. The fourth-order valence-corrected chi connectivity index (χ4v) is 3.21. The molecule has 1 aromatic heterocycles. The first-order valence-electron chi connectivity index (χ1n) is 9.10. The van der Waals surface area contributed by atoms with Crippen molar-refractivity contribution in [3.63, 3.8) is 0 Å². The van der Waals surface area contributed by atoms with Gasteiger partial charge in [-0.05, 0) is 32.4 Å². The fourth-order valence-electron chi connectivity index (χ4n) is 3.21. The first kappa shape index (κ1) is 19.8. The van der Waals surface area contributed by atoms with Gasteiger partial charge in [-0.1, -0.05) is 6.07 Å². The lowest BCUT2D eigenvalue weighted by Gasteiger charge is -2.35. The van der Waals surface area contributed by atoms with Gasteiger partial charge in [0, 0.05) is 50.4 Å². The summed E-state index contributed by atoms with van der Waals surface area (Å²) in [6, 6.07) is 4.93. The number of aromatic hydroxyl groups is 1. The van der Waals surface area contributed by atoms with Crippen molar-refractivity contribution < 1.29 is 19.6 Å². The summed E-state index contributed by atoms with van der Waals surface area (Å²) in [6.45, 7) is 8.24. The number of carbonyl (C=O) groups is 1. The van der Waals surface area contributed by atoms with Crippen LogP contribution in [0.15, 0.2) is 24.4 Å². The summed E-state index contributed by atoms with van der Waals surface area (Å²) in [6.07, 6.45) is 1.16. The zero-order chi connectivity index (χ0) is 20.5. The lowest BCUT2D eigenvalue weighted by molar-refractivity contribution is -0.385. The van der Waals surface area contributed by atoms with Crippen molar-refractivity contribution in [1.29, 1.82) is 0 Å². The van der Waals surface area contributed by atoms with Crippen molar-refractivity contribution in [3.05, 3.63) is 40.1 Å². The van der Waals surface area contributed by atoms with Gasteiger partial charge in [-0.2, -0.15) is 0 Å². The van der Waals surface area contributed by atoms with Gasteiger partial charge in [0.1, 0.15) is 11.1 Å². The lowest BCUT2D eigenvalue weighted by Crippen LogP contribution is -2.49. The largest absolute Gasteiger partial charge is 0.501 e. The van der Waals surface area contributed by atoms with Crippen molar-refractivity contribution in [2.75, 3.05) is 26.2 Å². The molecule has 2 aromatic rings. The van der Waals surface area contributed by atoms with Gasteiger partial charge in [-0.3, -0.25) is 20.0 Å². The third kappa shape index (κ3) is 4.30. The molecule has 1 N–H and O–H groups in total. The zero-order valence-electron chi connectivity index (χ0n) is 16.2. The predicted octanol–water partition coefficient (Wildman–Crippen LogP) is 2.90. The van der Waals surface area contributed by atoms with Gasteiger partial charge in [0.25, 0.3) is 0 Å². The van der Waals surface area contributed by atoms with Crippen molar-refractivity contribution in [2.45, 2.75) is 32.9 Å². The number of phenolic OH excluding ortho intramolecular Hbond substituents is 1. The summed E-state index contributed by atoms with van der Waals surface area (Å²) >= 11 is 0. The van der Waals surface area contributed by atoms with E-state index in [9.17, 15) is 20.0 Å². The molecule has 0 aliphatic carbocycles. The molecule has 1 aliphatic rings. The van der Waals surface area contributed by atoms with Gasteiger partial charge in [-0.15, -0.1) is 0 Å². The second-order valence-corrected chi connectivity index (χ2v) is 7.80. The van der Waals surface area contributed by atoms with Crippen molar-refractivity contribution in [1.82, 2.24) is 14.8 Å². The number of rotatable bonds is 3. The van der Waals surface area contributed by atoms with Gasteiger partial charge >= 0.3 is 11.8 Å². The molecule has 0 spiro atoms. The molecule has 1 aliphatic heterocycles. The summed E-state index contributed by atoms with van der Waals surface area (Å²) in [5.41, 5.74) is 0.0523. The van der Waals surface area contributed by atoms with Crippen LogP contribution in [0.2, 0.25) is 0 Å². The number of nitrogens with zero attached hydrogens (tertiary/aromatic N) is 4. The number of hydrogen-bond acceptors (Lipinski definition) is 7. The molecule has 3 rings (SSSR count). The number of pyridine rings is 1. The van der Waals surface area contributed by atoms with Gasteiger partial charge in [0.05, 0.1) is 4.92 Å². The van der Waals surface area contributed by atoms with E-state index < -0.39 is 16.3 Å². The Morgan fingerprint density at radius 3 is 2.61 bits per heavy atom. The second-order valence-electron chi connectivity index (χ2n) is 7.80. The molecule has 28 heavy (non-hydrogen) atoms. The van der Waals surface area contributed by atoms with E-state index in [-0.39, 0.29) is 17.3 Å². The number of fused-ring (bicyclic) bond motifs is 1. The minimum atomic E-state index is -0.604. The van der Waals surface area contributed by atoms with Crippen LogP contribution in [0.25, 0.3) is 10.9 Å². The van der Waals surface area contributed by atoms with E-state index in [1.807, 2.05) is 20.8 Å². The molecule has 0 unspecified atom stereocenters. The highest BCUT2D eigenvalue weighted by atomic mass is 16.6. The van der Waals surface area contributed by atoms with Crippen molar-refractivity contribution in [3.8, 4) is 5.75 Å². The second kappa shape index (κ2) is 7.59. The van der Waals surface area contributed by atoms with E-state index >= 15 is 0 Å². The highest BCUT2D eigenvalue weighted by Crippen LogP contribution is 2.35. The lowest BCUT2D eigenvalue weighted by atomic mass is 10.1. The van der Waals surface area contributed by atoms with Crippen LogP contribution >= 0.6 is 0 Å². The number of piperazine rings is 1. The van der Waals surface area contributed by atoms with Crippen LogP contribution in [0, 0.1) is 10.1 Å². The van der Waals surface area contributed by atoms with Gasteiger partial charge in [0.2, 0.25) is 5.75 Å². The normalized spacial score (nSPS) is 15.6. The summed E-state index contributed by atoms with van der Waals surface area (Å²) in [5.74, 6) is -0.418. The number of hydrogen-bond donors (Lipinski definition) is 1. The number of carbonyl (C=O) groups excluding carboxylic acids is 1. The van der Waals surface area contributed by atoms with Crippen LogP contribution in [0.3, 0.4) is 0 Å². The Labute approximate surface area is 162 Å². The molecule has 1 amide bonds. The SMILES string of the molecule is CC(C)(C)OC(=O)N1CCN(Cc2cc([N+](=O)[O-])c(O)c3ncccc23)CC1. The van der Waals surface area contributed by atoms with Crippen molar-refractivity contribution >= 4 is 22.7 Å². The standard InChI is InChI=1S/C19H24N4O5/c1-19(2,3)28-18(25)22-9-7-21(8-10-22)12-13-11-15(23(26)27)17(24)16-14(13)5-4-6-20-16/h4-6,11,24H,7-10,12H2,1-3H3. The number of phenols is 1. The van der Waals surface area contributed by atoms with Gasteiger partial charge < -0.3 is 14.7 Å². The first-order valence-corrected chi connectivity index (χ1v) is 9.10. The van der Waals surface area contributed by atoms with E-state index in [2.05, 4.69) is 9.88 Å².